The van der Waals surface area contributed by atoms with Crippen molar-refractivity contribution in [3.63, 3.8) is 0 Å². The van der Waals surface area contributed by atoms with Gasteiger partial charge in [-0.25, -0.2) is 0 Å². The Hall–Kier alpha value is -2.14. The predicted molar refractivity (Wildman–Crippen MR) is 84.1 cm³/mol. The lowest BCUT2D eigenvalue weighted by atomic mass is 10.1. The van der Waals surface area contributed by atoms with Gasteiger partial charge in [0.15, 0.2) is 0 Å². The first kappa shape index (κ1) is 15.3. The number of carbonyl (C=O) groups is 1. The van der Waals surface area contributed by atoms with Gasteiger partial charge in [-0.1, -0.05) is 30.3 Å². The van der Waals surface area contributed by atoms with Crippen LogP contribution in [0.3, 0.4) is 0 Å². The number of benzene rings is 1. The number of anilines is 1. The van der Waals surface area contributed by atoms with E-state index in [1.807, 2.05) is 51.2 Å². The minimum atomic E-state index is -0.524. The van der Waals surface area contributed by atoms with E-state index in [0.717, 1.165) is 23.5 Å². The molecule has 0 fully saturated rings. The van der Waals surface area contributed by atoms with Crippen LogP contribution in [-0.2, 0) is 18.3 Å². The summed E-state index contributed by atoms with van der Waals surface area (Å²) in [5, 5.41) is 7.17. The molecule has 1 unspecified atom stereocenters. The molecule has 5 heteroatoms. The molecule has 5 nitrogen and oxygen atoms in total. The molecule has 3 N–H and O–H groups in total. The van der Waals surface area contributed by atoms with Crippen LogP contribution in [0.25, 0.3) is 0 Å². The van der Waals surface area contributed by atoms with Crippen LogP contribution >= 0.6 is 0 Å². The fourth-order valence-electron chi connectivity index (χ4n) is 2.27. The number of amides is 1. The number of rotatable bonds is 5. The van der Waals surface area contributed by atoms with E-state index in [0.29, 0.717) is 6.42 Å². The number of carbonyl (C=O) groups excluding carboxylic acids is 1. The third-order valence-corrected chi connectivity index (χ3v) is 3.68. The lowest BCUT2D eigenvalue weighted by Crippen LogP contribution is -2.36. The third-order valence-electron chi connectivity index (χ3n) is 3.68. The van der Waals surface area contributed by atoms with E-state index in [1.165, 1.54) is 5.56 Å². The van der Waals surface area contributed by atoms with Gasteiger partial charge in [0.05, 0.1) is 23.1 Å². The average Bonchev–Trinajstić information content (AvgIpc) is 2.72. The molecule has 0 aliphatic rings. The van der Waals surface area contributed by atoms with Crippen LogP contribution in [0, 0.1) is 13.8 Å². The molecule has 2 rings (SSSR count). The Morgan fingerprint density at radius 2 is 2.00 bits per heavy atom. The van der Waals surface area contributed by atoms with Gasteiger partial charge < -0.3 is 11.1 Å². The molecular weight excluding hydrogens is 264 g/mol. The molecule has 112 valence electrons. The van der Waals surface area contributed by atoms with Crippen LogP contribution in [0.4, 0.5) is 5.69 Å². The van der Waals surface area contributed by atoms with E-state index in [-0.39, 0.29) is 5.91 Å². The molecule has 0 bridgehead atoms. The number of nitrogens with two attached hydrogens (primary N) is 1. The first-order chi connectivity index (χ1) is 9.99. The quantitative estimate of drug-likeness (QED) is 0.882. The zero-order valence-corrected chi connectivity index (χ0v) is 12.8. The summed E-state index contributed by atoms with van der Waals surface area (Å²) in [6.45, 7) is 3.79. The van der Waals surface area contributed by atoms with Crippen molar-refractivity contribution >= 4 is 11.6 Å². The maximum absolute atomic E-state index is 12.2. The largest absolute Gasteiger partial charge is 0.322 e. The summed E-state index contributed by atoms with van der Waals surface area (Å²) in [5.41, 5.74) is 9.66. The zero-order chi connectivity index (χ0) is 15.4. The predicted octanol–water partition coefficient (Wildman–Crippen LogP) is 1.94. The smallest absolute Gasteiger partial charge is 0.241 e. The van der Waals surface area contributed by atoms with E-state index in [4.69, 9.17) is 5.73 Å². The summed E-state index contributed by atoms with van der Waals surface area (Å²) in [6, 6.07) is 9.51. The molecule has 21 heavy (non-hydrogen) atoms. The summed E-state index contributed by atoms with van der Waals surface area (Å²) < 4.78 is 1.75. The summed E-state index contributed by atoms with van der Waals surface area (Å²) in [4.78, 5) is 12.2. The highest BCUT2D eigenvalue weighted by Crippen LogP contribution is 2.18. The standard InChI is InChI=1S/C16H22N4O/c1-11-15(12(2)20(3)19-11)18-16(21)14(17)10-9-13-7-5-4-6-8-13/h4-8,14H,9-10,17H2,1-3H3,(H,18,21). The lowest BCUT2D eigenvalue weighted by Gasteiger charge is -2.12. The van der Waals surface area contributed by atoms with Gasteiger partial charge in [-0.05, 0) is 32.3 Å². The topological polar surface area (TPSA) is 72.9 Å². The van der Waals surface area contributed by atoms with E-state index < -0.39 is 6.04 Å². The van der Waals surface area contributed by atoms with Gasteiger partial charge in [0.2, 0.25) is 5.91 Å². The molecule has 0 radical (unpaired) electrons. The number of aryl methyl sites for hydroxylation is 3. The van der Waals surface area contributed by atoms with Crippen molar-refractivity contribution in [3.8, 4) is 0 Å². The van der Waals surface area contributed by atoms with Crippen LogP contribution in [0.1, 0.15) is 23.4 Å². The van der Waals surface area contributed by atoms with Crippen LogP contribution in [0.5, 0.6) is 0 Å². The van der Waals surface area contributed by atoms with Crippen molar-refractivity contribution in [3.05, 3.63) is 47.3 Å². The van der Waals surface area contributed by atoms with Crippen molar-refractivity contribution < 1.29 is 4.79 Å². The Balaban J connectivity index is 1.93. The SMILES string of the molecule is Cc1nn(C)c(C)c1NC(=O)C(N)CCc1ccccc1. The van der Waals surface area contributed by atoms with Crippen molar-refractivity contribution in [2.45, 2.75) is 32.7 Å². The van der Waals surface area contributed by atoms with Crippen molar-refractivity contribution in [2.24, 2.45) is 12.8 Å². The Labute approximate surface area is 125 Å². The van der Waals surface area contributed by atoms with Gasteiger partial charge in [0.1, 0.15) is 0 Å². The molecule has 1 amide bonds. The Morgan fingerprint density at radius 3 is 2.57 bits per heavy atom. The second kappa shape index (κ2) is 6.54. The van der Waals surface area contributed by atoms with E-state index in [9.17, 15) is 4.79 Å². The first-order valence-corrected chi connectivity index (χ1v) is 7.09. The van der Waals surface area contributed by atoms with Crippen LogP contribution in [0.2, 0.25) is 0 Å². The maximum atomic E-state index is 12.2. The highest BCUT2D eigenvalue weighted by atomic mass is 16.2. The monoisotopic (exact) mass is 286 g/mol. The molecule has 1 atom stereocenters. The number of nitrogens with one attached hydrogen (secondary N) is 1. The van der Waals surface area contributed by atoms with Gasteiger partial charge in [0.25, 0.3) is 0 Å². The number of hydrogen-bond donors (Lipinski definition) is 2. The molecule has 1 aromatic carbocycles. The van der Waals surface area contributed by atoms with Crippen LogP contribution < -0.4 is 11.1 Å². The van der Waals surface area contributed by atoms with Crippen molar-refractivity contribution in [1.82, 2.24) is 9.78 Å². The minimum absolute atomic E-state index is 0.162. The van der Waals surface area contributed by atoms with E-state index >= 15 is 0 Å². The molecule has 0 saturated carbocycles. The molecule has 1 heterocycles. The number of nitrogens with zero attached hydrogens (tertiary/aromatic N) is 2. The van der Waals surface area contributed by atoms with E-state index in [1.54, 1.807) is 4.68 Å². The molecule has 2 aromatic rings. The molecule has 0 aliphatic carbocycles. The summed E-state index contributed by atoms with van der Waals surface area (Å²) >= 11 is 0. The summed E-state index contributed by atoms with van der Waals surface area (Å²) in [7, 11) is 1.85. The van der Waals surface area contributed by atoms with Gasteiger partial charge in [-0.2, -0.15) is 5.10 Å². The molecule has 1 aromatic heterocycles. The summed E-state index contributed by atoms with van der Waals surface area (Å²) in [5.74, 6) is -0.162. The average molecular weight is 286 g/mol. The maximum Gasteiger partial charge on any atom is 0.241 e. The second-order valence-electron chi connectivity index (χ2n) is 5.29. The third kappa shape index (κ3) is 3.70. The van der Waals surface area contributed by atoms with Crippen molar-refractivity contribution in [2.75, 3.05) is 5.32 Å². The van der Waals surface area contributed by atoms with Gasteiger partial charge in [-0.15, -0.1) is 0 Å². The van der Waals surface area contributed by atoms with Crippen molar-refractivity contribution in [1.29, 1.82) is 0 Å². The van der Waals surface area contributed by atoms with Crippen LogP contribution in [-0.4, -0.2) is 21.7 Å². The van der Waals surface area contributed by atoms with Gasteiger partial charge in [-0.3, -0.25) is 9.48 Å². The fourth-order valence-corrected chi connectivity index (χ4v) is 2.27. The molecule has 0 aliphatic heterocycles. The highest BCUT2D eigenvalue weighted by molar-refractivity contribution is 5.95. The Bertz CT molecular complexity index is 619. The van der Waals surface area contributed by atoms with E-state index in [2.05, 4.69) is 10.4 Å². The molecular formula is C16H22N4O. The highest BCUT2D eigenvalue weighted by Gasteiger charge is 2.17. The normalized spacial score (nSPS) is 12.2. The number of hydrogen-bond acceptors (Lipinski definition) is 3. The van der Waals surface area contributed by atoms with Gasteiger partial charge in [0, 0.05) is 7.05 Å². The van der Waals surface area contributed by atoms with Crippen LogP contribution in [0.15, 0.2) is 30.3 Å². The zero-order valence-electron chi connectivity index (χ0n) is 12.8. The minimum Gasteiger partial charge on any atom is -0.322 e. The first-order valence-electron chi connectivity index (χ1n) is 7.09. The fraction of sp³-hybridized carbons (Fsp3) is 0.375. The Kier molecular flexibility index (Phi) is 4.75. The van der Waals surface area contributed by atoms with Gasteiger partial charge >= 0.3 is 0 Å². The Morgan fingerprint density at radius 1 is 1.33 bits per heavy atom. The molecule has 0 spiro atoms. The number of aromatic nitrogens is 2. The summed E-state index contributed by atoms with van der Waals surface area (Å²) in [6.07, 6.45) is 1.41. The molecule has 0 saturated heterocycles. The second-order valence-corrected chi connectivity index (χ2v) is 5.29. The lowest BCUT2D eigenvalue weighted by molar-refractivity contribution is -0.117.